The van der Waals surface area contributed by atoms with Crippen LogP contribution in [0.4, 0.5) is 0 Å². The van der Waals surface area contributed by atoms with Gasteiger partial charge in [0.2, 0.25) is 0 Å². The lowest BCUT2D eigenvalue weighted by Gasteiger charge is -2.12. The molecule has 0 bridgehead atoms. The molecule has 0 aromatic heterocycles. The molecular formula is C5H10OS. The van der Waals surface area contributed by atoms with Gasteiger partial charge in [0.05, 0.1) is 0 Å². The molecule has 7 heavy (non-hydrogen) atoms. The van der Waals surface area contributed by atoms with Gasteiger partial charge in [-0.3, -0.25) is 0 Å². The fourth-order valence-corrected chi connectivity index (χ4v) is 0.144. The van der Waals surface area contributed by atoms with Crippen LogP contribution in [-0.2, 0) is 0 Å². The summed E-state index contributed by atoms with van der Waals surface area (Å²) in [6.07, 6.45) is 2.01. The third-order valence-corrected chi connectivity index (χ3v) is 1.35. The molecule has 1 nitrogen and oxygen atoms in total. The van der Waals surface area contributed by atoms with Crippen LogP contribution in [0.15, 0.2) is 12.7 Å². The van der Waals surface area contributed by atoms with E-state index in [2.05, 4.69) is 19.2 Å². The highest BCUT2D eigenvalue weighted by Gasteiger charge is 2.10. The second-order valence-corrected chi connectivity index (χ2v) is 2.21. The fraction of sp³-hybridized carbons (Fsp3) is 0.600. The number of aliphatic hydroxyl groups is 1. The van der Waals surface area contributed by atoms with Crippen molar-refractivity contribution in [2.45, 2.75) is 18.3 Å². The molecule has 0 aromatic rings. The summed E-state index contributed by atoms with van der Waals surface area (Å²) in [5.74, 6) is 0. The highest BCUT2D eigenvalue weighted by molar-refractivity contribution is 7.81. The third-order valence-electron chi connectivity index (χ3n) is 0.847. The first-order valence-corrected chi connectivity index (χ1v) is 2.65. The Labute approximate surface area is 49.5 Å². The van der Waals surface area contributed by atoms with Crippen molar-refractivity contribution in [1.82, 2.24) is 0 Å². The molecule has 0 rings (SSSR count). The largest absolute Gasteiger partial charge is 0.376 e. The zero-order valence-electron chi connectivity index (χ0n) is 4.39. The van der Waals surface area contributed by atoms with Crippen LogP contribution >= 0.6 is 12.6 Å². The monoisotopic (exact) mass is 118 g/mol. The van der Waals surface area contributed by atoms with Gasteiger partial charge in [-0.1, -0.05) is 19.6 Å². The van der Waals surface area contributed by atoms with Gasteiger partial charge >= 0.3 is 0 Å². The number of hydrogen-bond donors (Lipinski definition) is 2. The van der Waals surface area contributed by atoms with Gasteiger partial charge in [-0.05, 0) is 6.42 Å². The standard InChI is InChI=1S/C5H10OS/c1-3-5(6,7)4-2/h3,6-7H,1,4H2,2H3. The Hall–Kier alpha value is 0.0500. The summed E-state index contributed by atoms with van der Waals surface area (Å²) in [4.78, 5) is -0.958. The molecule has 0 heterocycles. The summed E-state index contributed by atoms with van der Waals surface area (Å²) in [6.45, 7) is 5.22. The predicted octanol–water partition coefficient (Wildman–Crippen LogP) is 1.20. The van der Waals surface area contributed by atoms with Gasteiger partial charge in [0.1, 0.15) is 4.93 Å². The maximum Gasteiger partial charge on any atom is 0.125 e. The second-order valence-electron chi connectivity index (χ2n) is 1.44. The number of rotatable bonds is 2. The van der Waals surface area contributed by atoms with Crippen molar-refractivity contribution in [2.24, 2.45) is 0 Å². The van der Waals surface area contributed by atoms with Crippen molar-refractivity contribution in [3.8, 4) is 0 Å². The van der Waals surface area contributed by atoms with Crippen LogP contribution < -0.4 is 0 Å². The van der Waals surface area contributed by atoms with Gasteiger partial charge in [-0.15, -0.1) is 12.6 Å². The Kier molecular flexibility index (Phi) is 2.40. The van der Waals surface area contributed by atoms with Crippen LogP contribution in [0.2, 0.25) is 0 Å². The van der Waals surface area contributed by atoms with E-state index in [1.807, 2.05) is 6.92 Å². The van der Waals surface area contributed by atoms with E-state index in [1.165, 1.54) is 6.08 Å². The molecule has 1 unspecified atom stereocenters. The van der Waals surface area contributed by atoms with E-state index in [4.69, 9.17) is 5.11 Å². The topological polar surface area (TPSA) is 20.2 Å². The van der Waals surface area contributed by atoms with E-state index in [0.717, 1.165) is 0 Å². The van der Waals surface area contributed by atoms with Crippen molar-refractivity contribution in [3.63, 3.8) is 0 Å². The maximum atomic E-state index is 8.88. The van der Waals surface area contributed by atoms with Crippen molar-refractivity contribution < 1.29 is 5.11 Å². The van der Waals surface area contributed by atoms with Gasteiger partial charge in [-0.2, -0.15) is 0 Å². The smallest absolute Gasteiger partial charge is 0.125 e. The highest BCUT2D eigenvalue weighted by atomic mass is 32.1. The van der Waals surface area contributed by atoms with E-state index < -0.39 is 4.93 Å². The summed E-state index contributed by atoms with van der Waals surface area (Å²) in [5.41, 5.74) is 0. The van der Waals surface area contributed by atoms with Crippen molar-refractivity contribution >= 4 is 12.6 Å². The molecule has 0 radical (unpaired) electrons. The Morgan fingerprint density at radius 1 is 2.00 bits per heavy atom. The summed E-state index contributed by atoms with van der Waals surface area (Å²) in [5, 5.41) is 8.88. The molecule has 0 aliphatic rings. The normalized spacial score (nSPS) is 18.1. The maximum absolute atomic E-state index is 8.88. The van der Waals surface area contributed by atoms with E-state index >= 15 is 0 Å². The molecule has 0 amide bonds. The average molecular weight is 118 g/mol. The van der Waals surface area contributed by atoms with Crippen molar-refractivity contribution in [3.05, 3.63) is 12.7 Å². The van der Waals surface area contributed by atoms with Crippen LogP contribution in [-0.4, -0.2) is 10.0 Å². The molecule has 0 saturated heterocycles. The lowest BCUT2D eigenvalue weighted by atomic mass is 10.3. The molecule has 42 valence electrons. The molecule has 0 aliphatic carbocycles. The Bertz CT molecular complexity index is 68.5. The molecule has 1 atom stereocenters. The van der Waals surface area contributed by atoms with Gasteiger partial charge < -0.3 is 5.11 Å². The van der Waals surface area contributed by atoms with Crippen LogP contribution in [0.1, 0.15) is 13.3 Å². The van der Waals surface area contributed by atoms with Crippen LogP contribution in [0, 0.1) is 0 Å². The summed E-state index contributed by atoms with van der Waals surface area (Å²) >= 11 is 3.82. The first kappa shape index (κ1) is 7.05. The average Bonchev–Trinajstić information content (AvgIpc) is 1.68. The van der Waals surface area contributed by atoms with Gasteiger partial charge in [0, 0.05) is 0 Å². The summed E-state index contributed by atoms with van der Waals surface area (Å²) in [7, 11) is 0. The second kappa shape index (κ2) is 2.38. The highest BCUT2D eigenvalue weighted by Crippen LogP contribution is 2.14. The van der Waals surface area contributed by atoms with Gasteiger partial charge in [0.15, 0.2) is 0 Å². The molecule has 2 heteroatoms. The molecule has 0 aromatic carbocycles. The van der Waals surface area contributed by atoms with Gasteiger partial charge in [-0.25, -0.2) is 0 Å². The SMILES string of the molecule is C=CC(O)(S)CC. The first-order valence-electron chi connectivity index (χ1n) is 2.20. The number of hydrogen-bond acceptors (Lipinski definition) is 2. The molecule has 0 spiro atoms. The molecule has 0 aliphatic heterocycles. The molecule has 0 saturated carbocycles. The number of thiol groups is 1. The zero-order valence-corrected chi connectivity index (χ0v) is 5.28. The Morgan fingerprint density at radius 3 is 2.43 bits per heavy atom. The Morgan fingerprint density at radius 2 is 2.43 bits per heavy atom. The van der Waals surface area contributed by atoms with Crippen LogP contribution in [0.3, 0.4) is 0 Å². The van der Waals surface area contributed by atoms with E-state index in [0.29, 0.717) is 6.42 Å². The van der Waals surface area contributed by atoms with Crippen molar-refractivity contribution in [2.75, 3.05) is 0 Å². The zero-order chi connectivity index (χ0) is 5.91. The fourth-order valence-electron chi connectivity index (χ4n) is 0.144. The van der Waals surface area contributed by atoms with E-state index in [1.54, 1.807) is 0 Å². The lowest BCUT2D eigenvalue weighted by molar-refractivity contribution is 0.186. The minimum atomic E-state index is -0.958. The van der Waals surface area contributed by atoms with Crippen LogP contribution in [0.5, 0.6) is 0 Å². The summed E-state index contributed by atoms with van der Waals surface area (Å²) in [6, 6.07) is 0. The Balaban J connectivity index is 3.58. The minimum absolute atomic E-state index is 0.597. The molecular weight excluding hydrogens is 108 g/mol. The molecule has 1 N–H and O–H groups in total. The molecule has 0 fully saturated rings. The first-order chi connectivity index (χ1) is 3.12. The lowest BCUT2D eigenvalue weighted by Crippen LogP contribution is -2.13. The van der Waals surface area contributed by atoms with Crippen molar-refractivity contribution in [1.29, 1.82) is 0 Å². The predicted molar refractivity (Wildman–Crippen MR) is 34.4 cm³/mol. The van der Waals surface area contributed by atoms with E-state index in [-0.39, 0.29) is 0 Å². The third kappa shape index (κ3) is 2.71. The van der Waals surface area contributed by atoms with E-state index in [9.17, 15) is 0 Å². The van der Waals surface area contributed by atoms with Gasteiger partial charge in [0.25, 0.3) is 0 Å². The minimum Gasteiger partial charge on any atom is -0.376 e. The quantitative estimate of drug-likeness (QED) is 0.317. The summed E-state index contributed by atoms with van der Waals surface area (Å²) < 4.78 is 0. The van der Waals surface area contributed by atoms with Crippen LogP contribution in [0.25, 0.3) is 0 Å².